The molecule has 0 aromatic heterocycles. The van der Waals surface area contributed by atoms with E-state index in [0.717, 1.165) is 12.0 Å². The first-order valence-electron chi connectivity index (χ1n) is 5.67. The molecule has 0 radical (unpaired) electrons. The molecular formula is C13H16FNO2. The summed E-state index contributed by atoms with van der Waals surface area (Å²) in [5, 5.41) is 2.83. The Bertz CT molecular complexity index is 439. The Morgan fingerprint density at radius 3 is 2.88 bits per heavy atom. The molecule has 1 N–H and O–H groups in total. The Morgan fingerprint density at radius 1 is 1.53 bits per heavy atom. The standard InChI is InChI=1S/C13H16FNO2/c1-9-3-4-10(11(14)7-9)12(16)15-13(2)5-6-17-8-13/h3-4,7H,5-6,8H2,1-2H3,(H,15,16). The highest BCUT2D eigenvalue weighted by atomic mass is 19.1. The van der Waals surface area contributed by atoms with Gasteiger partial charge in [0.05, 0.1) is 17.7 Å². The summed E-state index contributed by atoms with van der Waals surface area (Å²) in [5.74, 6) is -0.861. The summed E-state index contributed by atoms with van der Waals surface area (Å²) in [6, 6.07) is 4.60. The molecule has 1 atom stereocenters. The zero-order valence-corrected chi connectivity index (χ0v) is 10.0. The van der Waals surface area contributed by atoms with Crippen molar-refractivity contribution in [1.29, 1.82) is 0 Å². The second-order valence-corrected chi connectivity index (χ2v) is 4.80. The van der Waals surface area contributed by atoms with Gasteiger partial charge in [0.1, 0.15) is 5.82 Å². The minimum absolute atomic E-state index is 0.0868. The Hall–Kier alpha value is -1.42. The minimum atomic E-state index is -0.481. The van der Waals surface area contributed by atoms with E-state index in [1.54, 1.807) is 13.0 Å². The second-order valence-electron chi connectivity index (χ2n) is 4.80. The molecule has 1 fully saturated rings. The smallest absolute Gasteiger partial charge is 0.254 e. The fourth-order valence-corrected chi connectivity index (χ4v) is 1.91. The van der Waals surface area contributed by atoms with E-state index in [1.165, 1.54) is 12.1 Å². The summed E-state index contributed by atoms with van der Waals surface area (Å²) in [6.07, 6.45) is 0.756. The SMILES string of the molecule is Cc1ccc(C(=O)NC2(C)CCOC2)c(F)c1. The predicted molar refractivity (Wildman–Crippen MR) is 62.4 cm³/mol. The van der Waals surface area contributed by atoms with Crippen LogP contribution in [0.3, 0.4) is 0 Å². The van der Waals surface area contributed by atoms with Gasteiger partial charge in [0.2, 0.25) is 0 Å². The van der Waals surface area contributed by atoms with E-state index in [1.807, 2.05) is 6.92 Å². The van der Waals surface area contributed by atoms with Crippen molar-refractivity contribution in [1.82, 2.24) is 5.32 Å². The van der Waals surface area contributed by atoms with Gasteiger partial charge in [-0.05, 0) is 38.0 Å². The van der Waals surface area contributed by atoms with E-state index in [4.69, 9.17) is 4.74 Å². The van der Waals surface area contributed by atoms with Crippen LogP contribution in [-0.2, 0) is 4.74 Å². The van der Waals surface area contributed by atoms with Crippen molar-refractivity contribution in [3.63, 3.8) is 0 Å². The number of benzene rings is 1. The van der Waals surface area contributed by atoms with E-state index < -0.39 is 5.82 Å². The van der Waals surface area contributed by atoms with Gasteiger partial charge in [-0.15, -0.1) is 0 Å². The maximum absolute atomic E-state index is 13.6. The van der Waals surface area contributed by atoms with Crippen molar-refractivity contribution >= 4 is 5.91 Å². The topological polar surface area (TPSA) is 38.3 Å². The van der Waals surface area contributed by atoms with Gasteiger partial charge in [-0.3, -0.25) is 4.79 Å². The number of carbonyl (C=O) groups excluding carboxylic acids is 1. The Morgan fingerprint density at radius 2 is 2.29 bits per heavy atom. The molecule has 0 saturated carbocycles. The molecule has 1 aliphatic heterocycles. The van der Waals surface area contributed by atoms with Crippen LogP contribution in [0.5, 0.6) is 0 Å². The summed E-state index contributed by atoms with van der Waals surface area (Å²) in [5.41, 5.74) is 0.507. The van der Waals surface area contributed by atoms with E-state index in [9.17, 15) is 9.18 Å². The van der Waals surface area contributed by atoms with Crippen LogP contribution in [0.4, 0.5) is 4.39 Å². The van der Waals surface area contributed by atoms with Crippen LogP contribution in [0, 0.1) is 12.7 Å². The Labute approximate surface area is 100.0 Å². The highest BCUT2D eigenvalue weighted by molar-refractivity contribution is 5.95. The van der Waals surface area contributed by atoms with Crippen molar-refractivity contribution in [2.75, 3.05) is 13.2 Å². The summed E-state index contributed by atoms with van der Waals surface area (Å²) in [4.78, 5) is 11.9. The first-order chi connectivity index (χ1) is 8.00. The van der Waals surface area contributed by atoms with Crippen molar-refractivity contribution < 1.29 is 13.9 Å². The second kappa shape index (κ2) is 4.45. The molecule has 1 aliphatic rings. The molecule has 17 heavy (non-hydrogen) atoms. The number of nitrogens with one attached hydrogen (secondary N) is 1. The maximum atomic E-state index is 13.6. The lowest BCUT2D eigenvalue weighted by Gasteiger charge is -2.23. The Balaban J connectivity index is 2.14. The number of rotatable bonds is 2. The van der Waals surface area contributed by atoms with Gasteiger partial charge in [-0.1, -0.05) is 6.07 Å². The third-order valence-corrected chi connectivity index (χ3v) is 3.00. The highest BCUT2D eigenvalue weighted by Gasteiger charge is 2.32. The molecule has 0 bridgehead atoms. The first kappa shape index (κ1) is 12.0. The molecule has 1 aromatic carbocycles. The largest absolute Gasteiger partial charge is 0.379 e. The van der Waals surface area contributed by atoms with Crippen LogP contribution < -0.4 is 5.32 Å². The van der Waals surface area contributed by atoms with E-state index in [-0.39, 0.29) is 17.0 Å². The lowest BCUT2D eigenvalue weighted by atomic mass is 10.0. The number of ether oxygens (including phenoxy) is 1. The molecule has 1 amide bonds. The molecule has 1 saturated heterocycles. The normalized spacial score (nSPS) is 23.7. The molecule has 92 valence electrons. The van der Waals surface area contributed by atoms with Gasteiger partial charge in [0, 0.05) is 6.61 Å². The van der Waals surface area contributed by atoms with Crippen LogP contribution in [0.25, 0.3) is 0 Å². The summed E-state index contributed by atoms with van der Waals surface area (Å²) in [7, 11) is 0. The monoisotopic (exact) mass is 237 g/mol. The molecular weight excluding hydrogens is 221 g/mol. The maximum Gasteiger partial charge on any atom is 0.254 e. The van der Waals surface area contributed by atoms with Crippen molar-refractivity contribution in [3.8, 4) is 0 Å². The van der Waals surface area contributed by atoms with Crippen LogP contribution in [0.1, 0.15) is 29.3 Å². The number of halogens is 1. The number of amides is 1. The fraction of sp³-hybridized carbons (Fsp3) is 0.462. The van der Waals surface area contributed by atoms with Crippen molar-refractivity contribution in [2.45, 2.75) is 25.8 Å². The van der Waals surface area contributed by atoms with Crippen LogP contribution >= 0.6 is 0 Å². The van der Waals surface area contributed by atoms with Gasteiger partial charge in [0.25, 0.3) is 5.91 Å². The molecule has 0 spiro atoms. The van der Waals surface area contributed by atoms with Gasteiger partial charge in [-0.25, -0.2) is 4.39 Å². The molecule has 1 heterocycles. The van der Waals surface area contributed by atoms with Gasteiger partial charge < -0.3 is 10.1 Å². The molecule has 1 aromatic rings. The van der Waals surface area contributed by atoms with Gasteiger partial charge in [0.15, 0.2) is 0 Å². The zero-order valence-electron chi connectivity index (χ0n) is 10.0. The van der Waals surface area contributed by atoms with Gasteiger partial charge in [-0.2, -0.15) is 0 Å². The first-order valence-corrected chi connectivity index (χ1v) is 5.67. The molecule has 3 nitrogen and oxygen atoms in total. The molecule has 4 heteroatoms. The summed E-state index contributed by atoms with van der Waals surface area (Å²) >= 11 is 0. The third kappa shape index (κ3) is 2.64. The van der Waals surface area contributed by atoms with Gasteiger partial charge >= 0.3 is 0 Å². The lowest BCUT2D eigenvalue weighted by Crippen LogP contribution is -2.46. The quantitative estimate of drug-likeness (QED) is 0.854. The third-order valence-electron chi connectivity index (χ3n) is 3.00. The number of aryl methyl sites for hydroxylation is 1. The lowest BCUT2D eigenvalue weighted by molar-refractivity contribution is 0.0886. The average molecular weight is 237 g/mol. The van der Waals surface area contributed by atoms with E-state index in [2.05, 4.69) is 5.32 Å². The minimum Gasteiger partial charge on any atom is -0.379 e. The summed E-state index contributed by atoms with van der Waals surface area (Å²) in [6.45, 7) is 4.81. The summed E-state index contributed by atoms with van der Waals surface area (Å²) < 4.78 is 18.8. The van der Waals surface area contributed by atoms with Crippen molar-refractivity contribution in [3.05, 3.63) is 35.1 Å². The average Bonchev–Trinajstić information content (AvgIpc) is 2.64. The van der Waals surface area contributed by atoms with Crippen LogP contribution in [-0.4, -0.2) is 24.7 Å². The number of hydrogen-bond acceptors (Lipinski definition) is 2. The Kier molecular flexibility index (Phi) is 3.15. The predicted octanol–water partition coefficient (Wildman–Crippen LogP) is 2.04. The van der Waals surface area contributed by atoms with E-state index >= 15 is 0 Å². The van der Waals surface area contributed by atoms with Crippen LogP contribution in [0.15, 0.2) is 18.2 Å². The zero-order chi connectivity index (χ0) is 12.5. The molecule has 2 rings (SSSR count). The molecule has 0 aliphatic carbocycles. The van der Waals surface area contributed by atoms with E-state index in [0.29, 0.717) is 13.2 Å². The van der Waals surface area contributed by atoms with Crippen LogP contribution in [0.2, 0.25) is 0 Å². The fourth-order valence-electron chi connectivity index (χ4n) is 1.91. The van der Waals surface area contributed by atoms with Crippen molar-refractivity contribution in [2.24, 2.45) is 0 Å². The number of carbonyl (C=O) groups is 1. The number of hydrogen-bond donors (Lipinski definition) is 1. The molecule has 1 unspecified atom stereocenters. The highest BCUT2D eigenvalue weighted by Crippen LogP contribution is 2.19.